The maximum Gasteiger partial charge on any atom is 0.119 e. The van der Waals surface area contributed by atoms with Crippen LogP contribution in [0.2, 0.25) is 0 Å². The summed E-state index contributed by atoms with van der Waals surface area (Å²) in [5.41, 5.74) is 4.22. The molecule has 2 aromatic carbocycles. The smallest absolute Gasteiger partial charge is 0.119 e. The highest BCUT2D eigenvalue weighted by molar-refractivity contribution is 5.39. The van der Waals surface area contributed by atoms with Gasteiger partial charge in [-0.15, -0.1) is 6.58 Å². The van der Waals surface area contributed by atoms with Gasteiger partial charge in [-0.05, 0) is 55.0 Å². The van der Waals surface area contributed by atoms with Crippen molar-refractivity contribution in [1.82, 2.24) is 0 Å². The summed E-state index contributed by atoms with van der Waals surface area (Å²) in [5, 5.41) is 18.8. The number of hydrogen-bond donors (Lipinski definition) is 2. The third-order valence-corrected chi connectivity index (χ3v) is 3.54. The van der Waals surface area contributed by atoms with Crippen LogP contribution in [0.15, 0.2) is 49.1 Å². The maximum absolute atomic E-state index is 9.46. The Morgan fingerprint density at radius 1 is 1.05 bits per heavy atom. The molecule has 22 heavy (non-hydrogen) atoms. The lowest BCUT2D eigenvalue weighted by molar-refractivity contribution is 0.464. The third kappa shape index (κ3) is 4.96. The molecule has 0 spiro atoms. The quantitative estimate of drug-likeness (QED) is 0.759. The van der Waals surface area contributed by atoms with E-state index in [1.165, 1.54) is 0 Å². The van der Waals surface area contributed by atoms with Crippen molar-refractivity contribution in [3.8, 4) is 11.5 Å². The van der Waals surface area contributed by atoms with Crippen molar-refractivity contribution < 1.29 is 10.2 Å². The lowest BCUT2D eigenvalue weighted by atomic mass is 10.0. The standard InChI is InChI=1S/C10H14O.C10H12O/c1-7(2)9-5-4-8(3)6-10(9)11;1-3-5-9-8(2)6-4-7-10(9)11/h4-7,11H,1-3H3;3-4,6-7,11H,1,5H2,2H3. The van der Waals surface area contributed by atoms with Gasteiger partial charge in [0.1, 0.15) is 11.5 Å². The summed E-state index contributed by atoms with van der Waals surface area (Å²) in [6.45, 7) is 11.7. The van der Waals surface area contributed by atoms with Crippen LogP contribution in [0.25, 0.3) is 0 Å². The summed E-state index contributed by atoms with van der Waals surface area (Å²) in [5.74, 6) is 1.18. The second-order valence-corrected chi connectivity index (χ2v) is 5.78. The molecule has 2 aromatic rings. The molecule has 118 valence electrons. The summed E-state index contributed by atoms with van der Waals surface area (Å²) in [6, 6.07) is 11.3. The van der Waals surface area contributed by atoms with E-state index < -0.39 is 0 Å². The fourth-order valence-electron chi connectivity index (χ4n) is 2.24. The van der Waals surface area contributed by atoms with E-state index in [-0.39, 0.29) is 0 Å². The summed E-state index contributed by atoms with van der Waals surface area (Å²) < 4.78 is 0. The molecule has 2 rings (SSSR count). The highest BCUT2D eigenvalue weighted by Crippen LogP contribution is 2.25. The van der Waals surface area contributed by atoms with E-state index in [0.29, 0.717) is 17.4 Å². The van der Waals surface area contributed by atoms with E-state index in [2.05, 4.69) is 20.4 Å². The largest absolute Gasteiger partial charge is 0.508 e. The SMILES string of the molecule is C=CCc1c(C)cccc1O.Cc1ccc(C(C)C)c(O)c1. The molecule has 0 saturated heterocycles. The van der Waals surface area contributed by atoms with Gasteiger partial charge in [0.2, 0.25) is 0 Å². The van der Waals surface area contributed by atoms with Gasteiger partial charge < -0.3 is 10.2 Å². The predicted molar refractivity (Wildman–Crippen MR) is 93.7 cm³/mol. The molecular formula is C20H26O2. The number of hydrogen-bond acceptors (Lipinski definition) is 2. The number of rotatable bonds is 3. The molecule has 0 aliphatic rings. The first-order valence-electron chi connectivity index (χ1n) is 7.54. The van der Waals surface area contributed by atoms with E-state index in [4.69, 9.17) is 0 Å². The van der Waals surface area contributed by atoms with E-state index >= 15 is 0 Å². The molecule has 2 N–H and O–H groups in total. The van der Waals surface area contributed by atoms with E-state index in [9.17, 15) is 10.2 Å². The van der Waals surface area contributed by atoms with Crippen LogP contribution >= 0.6 is 0 Å². The second kappa shape index (κ2) is 8.28. The Bertz CT molecular complexity index is 607. The normalized spacial score (nSPS) is 10.0. The van der Waals surface area contributed by atoms with Crippen molar-refractivity contribution in [1.29, 1.82) is 0 Å². The monoisotopic (exact) mass is 298 g/mol. The first-order chi connectivity index (χ1) is 10.4. The molecule has 0 atom stereocenters. The van der Waals surface area contributed by atoms with E-state index in [1.807, 2.05) is 38.1 Å². The molecule has 0 aromatic heterocycles. The Balaban J connectivity index is 0.000000220. The van der Waals surface area contributed by atoms with Gasteiger partial charge in [0.05, 0.1) is 0 Å². The minimum atomic E-state index is 0.366. The van der Waals surface area contributed by atoms with Gasteiger partial charge in [0.25, 0.3) is 0 Å². The number of phenols is 2. The van der Waals surface area contributed by atoms with Gasteiger partial charge in [0.15, 0.2) is 0 Å². The zero-order valence-corrected chi connectivity index (χ0v) is 13.9. The van der Waals surface area contributed by atoms with Gasteiger partial charge in [-0.3, -0.25) is 0 Å². The van der Waals surface area contributed by atoms with Crippen LogP contribution in [-0.4, -0.2) is 10.2 Å². The minimum absolute atomic E-state index is 0.366. The first-order valence-corrected chi connectivity index (χ1v) is 7.54. The molecule has 0 heterocycles. The Morgan fingerprint density at radius 2 is 1.73 bits per heavy atom. The van der Waals surface area contributed by atoms with Gasteiger partial charge in [-0.25, -0.2) is 0 Å². The van der Waals surface area contributed by atoms with E-state index in [1.54, 1.807) is 18.2 Å². The van der Waals surface area contributed by atoms with Crippen LogP contribution in [0.3, 0.4) is 0 Å². The molecule has 2 nitrogen and oxygen atoms in total. The lowest BCUT2D eigenvalue weighted by Gasteiger charge is -2.07. The predicted octanol–water partition coefficient (Wildman–Crippen LogP) is 5.25. The lowest BCUT2D eigenvalue weighted by Crippen LogP contribution is -1.87. The highest BCUT2D eigenvalue weighted by atomic mass is 16.3. The van der Waals surface area contributed by atoms with Crippen molar-refractivity contribution in [2.45, 2.75) is 40.0 Å². The molecule has 2 heteroatoms. The molecule has 0 amide bonds. The Labute approximate surface area is 133 Å². The van der Waals surface area contributed by atoms with Gasteiger partial charge >= 0.3 is 0 Å². The maximum atomic E-state index is 9.46. The molecular weight excluding hydrogens is 272 g/mol. The van der Waals surface area contributed by atoms with Crippen molar-refractivity contribution in [3.63, 3.8) is 0 Å². The highest BCUT2D eigenvalue weighted by Gasteiger charge is 2.04. The molecule has 0 unspecified atom stereocenters. The second-order valence-electron chi connectivity index (χ2n) is 5.78. The van der Waals surface area contributed by atoms with Crippen LogP contribution in [-0.2, 0) is 6.42 Å². The number of aromatic hydroxyl groups is 2. The molecule has 0 saturated carbocycles. The summed E-state index contributed by atoms with van der Waals surface area (Å²) >= 11 is 0. The fourth-order valence-corrected chi connectivity index (χ4v) is 2.24. The summed E-state index contributed by atoms with van der Waals surface area (Å²) in [4.78, 5) is 0. The van der Waals surface area contributed by atoms with Gasteiger partial charge in [0, 0.05) is 5.56 Å². The van der Waals surface area contributed by atoms with Crippen molar-refractivity contribution >= 4 is 0 Å². The molecule has 0 radical (unpaired) electrons. The van der Waals surface area contributed by atoms with Crippen molar-refractivity contribution in [3.05, 3.63) is 71.3 Å². The number of allylic oxidation sites excluding steroid dienone is 1. The average molecular weight is 298 g/mol. The number of phenolic OH excluding ortho intramolecular Hbond substituents is 2. The Hall–Kier alpha value is -2.22. The van der Waals surface area contributed by atoms with Crippen molar-refractivity contribution in [2.24, 2.45) is 0 Å². The average Bonchev–Trinajstić information content (AvgIpc) is 2.43. The van der Waals surface area contributed by atoms with Crippen LogP contribution < -0.4 is 0 Å². The van der Waals surface area contributed by atoms with Crippen LogP contribution in [0.5, 0.6) is 11.5 Å². The Morgan fingerprint density at radius 3 is 2.23 bits per heavy atom. The molecule has 0 aliphatic heterocycles. The van der Waals surface area contributed by atoms with Gasteiger partial charge in [-0.1, -0.05) is 44.2 Å². The van der Waals surface area contributed by atoms with Gasteiger partial charge in [-0.2, -0.15) is 0 Å². The summed E-state index contributed by atoms with van der Waals surface area (Å²) in [7, 11) is 0. The zero-order valence-electron chi connectivity index (χ0n) is 13.9. The van der Waals surface area contributed by atoms with Crippen molar-refractivity contribution in [2.75, 3.05) is 0 Å². The molecule has 0 fully saturated rings. The number of benzene rings is 2. The van der Waals surface area contributed by atoms with E-state index in [0.717, 1.165) is 28.7 Å². The molecule has 0 aliphatic carbocycles. The minimum Gasteiger partial charge on any atom is -0.508 e. The van der Waals surface area contributed by atoms with Crippen LogP contribution in [0.1, 0.15) is 42.0 Å². The fraction of sp³-hybridized carbons (Fsp3) is 0.300. The summed E-state index contributed by atoms with van der Waals surface area (Å²) in [6.07, 6.45) is 2.53. The Kier molecular flexibility index (Phi) is 6.71. The first kappa shape index (κ1) is 17.8. The third-order valence-electron chi connectivity index (χ3n) is 3.54. The number of aryl methyl sites for hydroxylation is 2. The topological polar surface area (TPSA) is 40.5 Å². The van der Waals surface area contributed by atoms with Crippen LogP contribution in [0.4, 0.5) is 0 Å². The van der Waals surface area contributed by atoms with Crippen LogP contribution in [0, 0.1) is 13.8 Å². The zero-order chi connectivity index (χ0) is 16.7. The molecule has 0 bridgehead atoms.